The van der Waals surface area contributed by atoms with Crippen LogP contribution in [-0.2, 0) is 0 Å². The van der Waals surface area contributed by atoms with Crippen molar-refractivity contribution in [3.05, 3.63) is 24.0 Å². The first-order chi connectivity index (χ1) is 9.15. The van der Waals surface area contributed by atoms with Crippen LogP contribution in [0.1, 0.15) is 26.0 Å². The average molecular weight is 278 g/mol. The second-order valence-corrected chi connectivity index (χ2v) is 5.32. The minimum Gasteiger partial charge on any atom is -0.388 e. The van der Waals surface area contributed by atoms with Gasteiger partial charge in [-0.05, 0) is 31.6 Å². The van der Waals surface area contributed by atoms with Crippen molar-refractivity contribution in [1.29, 1.82) is 0 Å². The van der Waals surface area contributed by atoms with Crippen LogP contribution >= 0.6 is 12.2 Å². The number of thiocarbonyl (C=S) groups is 1. The Balaban J connectivity index is 2.02. The maximum atomic E-state index is 5.56. The van der Waals surface area contributed by atoms with Gasteiger partial charge in [-0.3, -0.25) is 9.88 Å². The summed E-state index contributed by atoms with van der Waals surface area (Å²) in [6, 6.07) is 4.62. The lowest BCUT2D eigenvalue weighted by Gasteiger charge is -2.26. The number of rotatable bonds is 5. The average Bonchev–Trinajstić information content (AvgIpc) is 2.90. The van der Waals surface area contributed by atoms with Gasteiger partial charge >= 0.3 is 0 Å². The zero-order chi connectivity index (χ0) is 13.8. The summed E-state index contributed by atoms with van der Waals surface area (Å²) in [7, 11) is 0. The van der Waals surface area contributed by atoms with Crippen LogP contribution in [0, 0.1) is 0 Å². The quantitative estimate of drug-likeness (QED) is 0.830. The Morgan fingerprint density at radius 2 is 2.21 bits per heavy atom. The summed E-state index contributed by atoms with van der Waals surface area (Å²) in [4.78, 5) is 9.58. The predicted molar refractivity (Wildman–Crippen MR) is 83.7 cm³/mol. The first-order valence-electron chi connectivity index (χ1n) is 6.90. The van der Waals surface area contributed by atoms with E-state index in [4.69, 9.17) is 18.0 Å². The van der Waals surface area contributed by atoms with Crippen LogP contribution in [0.3, 0.4) is 0 Å². The second-order valence-electron chi connectivity index (χ2n) is 4.88. The molecule has 0 saturated carbocycles. The smallest absolute Gasteiger partial charge is 0.122 e. The molecule has 2 N–H and O–H groups in total. The van der Waals surface area contributed by atoms with Crippen molar-refractivity contribution in [3.8, 4) is 0 Å². The standard InChI is InChI=1S/C14H22N4S/c1-3-17(4-2)12-7-8-18(10-12)11-5-6-13(14(15)19)16-9-11/h5-6,9,12H,3-4,7-8,10H2,1-2H3,(H2,15,19). The molecule has 1 aliphatic rings. The Hall–Kier alpha value is -1.20. The number of nitrogens with two attached hydrogens (primary N) is 1. The van der Waals surface area contributed by atoms with Crippen molar-refractivity contribution >= 4 is 22.9 Å². The first-order valence-corrected chi connectivity index (χ1v) is 7.31. The molecule has 1 aromatic rings. The van der Waals surface area contributed by atoms with Crippen molar-refractivity contribution in [2.24, 2.45) is 5.73 Å². The van der Waals surface area contributed by atoms with E-state index in [0.29, 0.717) is 16.7 Å². The van der Waals surface area contributed by atoms with E-state index in [2.05, 4.69) is 34.7 Å². The third-order valence-corrected chi connectivity index (χ3v) is 4.07. The molecule has 0 spiro atoms. The molecule has 19 heavy (non-hydrogen) atoms. The van der Waals surface area contributed by atoms with Crippen LogP contribution in [-0.4, -0.2) is 47.1 Å². The van der Waals surface area contributed by atoms with E-state index in [1.165, 1.54) is 6.42 Å². The molecular weight excluding hydrogens is 256 g/mol. The molecule has 2 rings (SSSR count). The fraction of sp³-hybridized carbons (Fsp3) is 0.571. The third-order valence-electron chi connectivity index (χ3n) is 3.86. The highest BCUT2D eigenvalue weighted by Gasteiger charge is 2.26. The minimum absolute atomic E-state index is 0.356. The minimum atomic E-state index is 0.356. The molecule has 1 atom stereocenters. The van der Waals surface area contributed by atoms with Crippen LogP contribution in [0.4, 0.5) is 5.69 Å². The zero-order valence-corrected chi connectivity index (χ0v) is 12.5. The number of nitrogens with zero attached hydrogens (tertiary/aromatic N) is 3. The molecule has 1 saturated heterocycles. The van der Waals surface area contributed by atoms with Crippen molar-refractivity contribution in [2.75, 3.05) is 31.1 Å². The Morgan fingerprint density at radius 3 is 2.74 bits per heavy atom. The summed E-state index contributed by atoms with van der Waals surface area (Å²) in [5.41, 5.74) is 7.42. The molecule has 5 heteroatoms. The van der Waals surface area contributed by atoms with Crippen molar-refractivity contribution < 1.29 is 0 Å². The summed E-state index contributed by atoms with van der Waals surface area (Å²) in [5.74, 6) is 0. The van der Waals surface area contributed by atoms with E-state index in [9.17, 15) is 0 Å². The molecule has 0 aromatic carbocycles. The van der Waals surface area contributed by atoms with Crippen LogP contribution in [0.5, 0.6) is 0 Å². The summed E-state index contributed by atoms with van der Waals surface area (Å²) in [6.07, 6.45) is 3.10. The van der Waals surface area contributed by atoms with E-state index in [0.717, 1.165) is 31.9 Å². The summed E-state index contributed by atoms with van der Waals surface area (Å²) < 4.78 is 0. The van der Waals surface area contributed by atoms with Gasteiger partial charge < -0.3 is 10.6 Å². The summed E-state index contributed by atoms with van der Waals surface area (Å²) in [6.45, 7) is 8.86. The number of aromatic nitrogens is 1. The molecule has 1 aliphatic heterocycles. The number of hydrogen-bond acceptors (Lipinski definition) is 4. The van der Waals surface area contributed by atoms with Crippen LogP contribution in [0.25, 0.3) is 0 Å². The van der Waals surface area contributed by atoms with Gasteiger partial charge in [-0.15, -0.1) is 0 Å². The normalized spacial score (nSPS) is 19.1. The summed E-state index contributed by atoms with van der Waals surface area (Å²) in [5, 5.41) is 0. The maximum absolute atomic E-state index is 5.56. The molecule has 1 fully saturated rings. The van der Waals surface area contributed by atoms with E-state index < -0.39 is 0 Å². The first kappa shape index (κ1) is 14.2. The number of likely N-dealkylation sites (N-methyl/N-ethyl adjacent to an activating group) is 1. The maximum Gasteiger partial charge on any atom is 0.122 e. The SMILES string of the molecule is CCN(CC)C1CCN(c2ccc(C(N)=S)nc2)C1. The van der Waals surface area contributed by atoms with Crippen molar-refractivity contribution in [2.45, 2.75) is 26.3 Å². The molecule has 1 unspecified atom stereocenters. The van der Waals surface area contributed by atoms with Gasteiger partial charge in [-0.2, -0.15) is 0 Å². The van der Waals surface area contributed by atoms with Crippen LogP contribution in [0.2, 0.25) is 0 Å². The molecule has 0 radical (unpaired) electrons. The lowest BCUT2D eigenvalue weighted by molar-refractivity contribution is 0.232. The van der Waals surface area contributed by atoms with Crippen LogP contribution < -0.4 is 10.6 Å². The zero-order valence-electron chi connectivity index (χ0n) is 11.7. The molecule has 104 valence electrons. The number of hydrogen-bond donors (Lipinski definition) is 1. The topological polar surface area (TPSA) is 45.4 Å². The van der Waals surface area contributed by atoms with Gasteiger partial charge in [-0.1, -0.05) is 26.1 Å². The fourth-order valence-electron chi connectivity index (χ4n) is 2.73. The van der Waals surface area contributed by atoms with Crippen molar-refractivity contribution in [1.82, 2.24) is 9.88 Å². The molecule has 2 heterocycles. The molecule has 0 amide bonds. The van der Waals surface area contributed by atoms with E-state index >= 15 is 0 Å². The van der Waals surface area contributed by atoms with Crippen LogP contribution in [0.15, 0.2) is 18.3 Å². The van der Waals surface area contributed by atoms with E-state index in [-0.39, 0.29) is 0 Å². The lowest BCUT2D eigenvalue weighted by Crippen LogP contribution is -2.37. The van der Waals surface area contributed by atoms with Gasteiger partial charge in [0.15, 0.2) is 0 Å². The van der Waals surface area contributed by atoms with Gasteiger partial charge in [-0.25, -0.2) is 0 Å². The van der Waals surface area contributed by atoms with Gasteiger partial charge in [0.2, 0.25) is 0 Å². The fourth-order valence-corrected chi connectivity index (χ4v) is 2.85. The second kappa shape index (κ2) is 6.30. The molecule has 1 aromatic heterocycles. The molecule has 4 nitrogen and oxygen atoms in total. The van der Waals surface area contributed by atoms with Gasteiger partial charge in [0.1, 0.15) is 4.99 Å². The largest absolute Gasteiger partial charge is 0.388 e. The number of pyridine rings is 1. The lowest BCUT2D eigenvalue weighted by atomic mass is 10.2. The van der Waals surface area contributed by atoms with Gasteiger partial charge in [0, 0.05) is 19.1 Å². The number of anilines is 1. The van der Waals surface area contributed by atoms with Gasteiger partial charge in [0.25, 0.3) is 0 Å². The highest BCUT2D eigenvalue weighted by Crippen LogP contribution is 2.22. The monoisotopic (exact) mass is 278 g/mol. The third kappa shape index (κ3) is 3.22. The Morgan fingerprint density at radius 1 is 1.47 bits per heavy atom. The van der Waals surface area contributed by atoms with E-state index in [1.807, 2.05) is 12.3 Å². The summed E-state index contributed by atoms with van der Waals surface area (Å²) >= 11 is 4.92. The Labute approximate surface area is 120 Å². The predicted octanol–water partition coefficient (Wildman–Crippen LogP) is 1.64. The molecule has 0 aliphatic carbocycles. The highest BCUT2D eigenvalue weighted by atomic mass is 32.1. The van der Waals surface area contributed by atoms with E-state index in [1.54, 1.807) is 0 Å². The Bertz CT molecular complexity index is 428. The molecular formula is C14H22N4S. The Kier molecular flexibility index (Phi) is 4.71. The molecule has 0 bridgehead atoms. The van der Waals surface area contributed by atoms with Gasteiger partial charge in [0.05, 0.1) is 17.6 Å². The van der Waals surface area contributed by atoms with Crippen molar-refractivity contribution in [3.63, 3.8) is 0 Å². The highest BCUT2D eigenvalue weighted by molar-refractivity contribution is 7.80.